The number of amides is 1. The maximum absolute atomic E-state index is 13.5. The molecule has 1 N–H and O–H groups in total. The Balaban J connectivity index is 1.87. The number of aryl methyl sites for hydroxylation is 1. The van der Waals surface area contributed by atoms with Crippen LogP contribution in [0.1, 0.15) is 5.82 Å². The lowest BCUT2D eigenvalue weighted by atomic mass is 10.3. The Morgan fingerprint density at radius 2 is 2.05 bits per heavy atom. The monoisotopic (exact) mass is 300 g/mol. The molecule has 2 aromatic heterocycles. The van der Waals surface area contributed by atoms with Crippen molar-refractivity contribution in [2.45, 2.75) is 13.5 Å². The molecule has 112 valence electrons. The number of nitrogens with one attached hydrogen (secondary N) is 1. The first-order valence-corrected chi connectivity index (χ1v) is 6.65. The van der Waals surface area contributed by atoms with E-state index in [4.69, 9.17) is 0 Å². The summed E-state index contributed by atoms with van der Waals surface area (Å²) in [5.41, 5.74) is 0.131. The largest absolute Gasteiger partial charge is 0.322 e. The van der Waals surface area contributed by atoms with Crippen molar-refractivity contribution in [3.05, 3.63) is 64.6 Å². The molecule has 0 aliphatic carbocycles. The second-order valence-corrected chi connectivity index (χ2v) is 4.80. The van der Waals surface area contributed by atoms with Crippen molar-refractivity contribution >= 4 is 17.1 Å². The number of para-hydroxylation sites is 1. The number of benzene rings is 1. The van der Waals surface area contributed by atoms with Crippen LogP contribution in [0.2, 0.25) is 0 Å². The van der Waals surface area contributed by atoms with E-state index in [0.717, 1.165) is 4.68 Å². The highest BCUT2D eigenvalue weighted by Gasteiger charge is 2.12. The maximum Gasteiger partial charge on any atom is 0.291 e. The topological polar surface area (TPSA) is 68.4 Å². The summed E-state index contributed by atoms with van der Waals surface area (Å²) in [6.45, 7) is 1.45. The third-order valence-corrected chi connectivity index (χ3v) is 3.26. The Bertz CT molecular complexity index is 913. The first kappa shape index (κ1) is 14.0. The summed E-state index contributed by atoms with van der Waals surface area (Å²) < 4.78 is 16.2. The first-order chi connectivity index (χ1) is 10.6. The molecule has 7 heteroatoms. The normalized spacial score (nSPS) is 10.8. The van der Waals surface area contributed by atoms with Gasteiger partial charge in [-0.1, -0.05) is 12.1 Å². The zero-order valence-corrected chi connectivity index (χ0v) is 11.8. The lowest BCUT2D eigenvalue weighted by Gasteiger charge is -2.09. The van der Waals surface area contributed by atoms with Gasteiger partial charge in [0.1, 0.15) is 23.7 Å². The molecule has 0 bridgehead atoms. The number of anilines is 1. The molecule has 3 rings (SSSR count). The summed E-state index contributed by atoms with van der Waals surface area (Å²) in [4.78, 5) is 24.2. The number of nitrogens with zero attached hydrogens (tertiary/aromatic N) is 3. The van der Waals surface area contributed by atoms with Gasteiger partial charge in [0.15, 0.2) is 0 Å². The van der Waals surface area contributed by atoms with Gasteiger partial charge in [0.25, 0.3) is 5.56 Å². The first-order valence-electron chi connectivity index (χ1n) is 6.65. The predicted octanol–water partition coefficient (Wildman–Crippen LogP) is 1.58. The Morgan fingerprint density at radius 3 is 2.82 bits per heavy atom. The number of carbonyl (C=O) groups excluding carboxylic acids is 1. The lowest BCUT2D eigenvalue weighted by molar-refractivity contribution is -0.117. The van der Waals surface area contributed by atoms with Crippen molar-refractivity contribution in [2.24, 2.45) is 0 Å². The highest BCUT2D eigenvalue weighted by molar-refractivity contribution is 5.90. The molecule has 0 unspecified atom stereocenters. The van der Waals surface area contributed by atoms with Crippen LogP contribution in [0.15, 0.2) is 47.4 Å². The molecule has 0 aliphatic heterocycles. The molecule has 2 heterocycles. The van der Waals surface area contributed by atoms with E-state index in [1.54, 1.807) is 35.7 Å². The SMILES string of the molecule is Cc1nn(CC(=O)Nc2ccccc2F)c(=O)c2cccn12. The molecule has 1 aromatic carbocycles. The van der Waals surface area contributed by atoms with Crippen LogP contribution in [0.4, 0.5) is 10.1 Å². The van der Waals surface area contributed by atoms with Crippen molar-refractivity contribution < 1.29 is 9.18 Å². The number of aromatic nitrogens is 3. The summed E-state index contributed by atoms with van der Waals surface area (Å²) in [5.74, 6) is -0.470. The van der Waals surface area contributed by atoms with Crippen LogP contribution in [-0.2, 0) is 11.3 Å². The van der Waals surface area contributed by atoms with E-state index in [9.17, 15) is 14.0 Å². The number of rotatable bonds is 3. The van der Waals surface area contributed by atoms with Crippen molar-refractivity contribution in [3.63, 3.8) is 0 Å². The zero-order chi connectivity index (χ0) is 15.7. The molecule has 1 amide bonds. The Labute approximate surface area is 124 Å². The molecule has 0 radical (unpaired) electrons. The van der Waals surface area contributed by atoms with E-state index in [0.29, 0.717) is 11.3 Å². The van der Waals surface area contributed by atoms with Gasteiger partial charge in [-0.25, -0.2) is 9.07 Å². The van der Waals surface area contributed by atoms with Gasteiger partial charge in [-0.2, -0.15) is 5.10 Å². The number of halogens is 1. The minimum absolute atomic E-state index is 0.0704. The van der Waals surface area contributed by atoms with Crippen LogP contribution in [-0.4, -0.2) is 20.1 Å². The average molecular weight is 300 g/mol. The average Bonchev–Trinajstić information content (AvgIpc) is 2.97. The fourth-order valence-corrected chi connectivity index (χ4v) is 2.23. The van der Waals surface area contributed by atoms with E-state index < -0.39 is 11.7 Å². The highest BCUT2D eigenvalue weighted by Crippen LogP contribution is 2.12. The molecule has 0 spiro atoms. The van der Waals surface area contributed by atoms with Gasteiger partial charge in [-0.05, 0) is 31.2 Å². The molecule has 0 saturated carbocycles. The van der Waals surface area contributed by atoms with Crippen LogP contribution in [0, 0.1) is 12.7 Å². The van der Waals surface area contributed by atoms with Crippen molar-refractivity contribution in [3.8, 4) is 0 Å². The van der Waals surface area contributed by atoms with Crippen LogP contribution in [0.25, 0.3) is 5.52 Å². The van der Waals surface area contributed by atoms with Crippen LogP contribution >= 0.6 is 0 Å². The summed E-state index contributed by atoms with van der Waals surface area (Å²) in [6.07, 6.45) is 1.73. The van der Waals surface area contributed by atoms with Crippen molar-refractivity contribution in [1.82, 2.24) is 14.2 Å². The van der Waals surface area contributed by atoms with Gasteiger partial charge in [0, 0.05) is 6.20 Å². The fourth-order valence-electron chi connectivity index (χ4n) is 2.23. The van der Waals surface area contributed by atoms with Crippen LogP contribution in [0.3, 0.4) is 0 Å². The maximum atomic E-state index is 13.5. The molecular formula is C15H13FN4O2. The molecule has 22 heavy (non-hydrogen) atoms. The van der Waals surface area contributed by atoms with Crippen molar-refractivity contribution in [1.29, 1.82) is 0 Å². The van der Waals surface area contributed by atoms with Gasteiger partial charge in [0.2, 0.25) is 5.91 Å². The Kier molecular flexibility index (Phi) is 3.46. The minimum Gasteiger partial charge on any atom is -0.322 e. The molecule has 3 aromatic rings. The number of carbonyl (C=O) groups is 1. The van der Waals surface area contributed by atoms with Gasteiger partial charge in [-0.15, -0.1) is 0 Å². The standard InChI is InChI=1S/C15H13FN4O2/c1-10-18-20(15(22)13-7-4-8-19(10)13)9-14(21)17-12-6-3-2-5-11(12)16/h2-8H,9H2,1H3,(H,17,21). The van der Waals surface area contributed by atoms with E-state index in [1.165, 1.54) is 18.2 Å². The molecule has 0 aliphatic rings. The molecule has 0 fully saturated rings. The third kappa shape index (κ3) is 2.48. The van der Waals surface area contributed by atoms with Gasteiger partial charge in [0.05, 0.1) is 5.69 Å². The summed E-state index contributed by atoms with van der Waals surface area (Å²) >= 11 is 0. The highest BCUT2D eigenvalue weighted by atomic mass is 19.1. The van der Waals surface area contributed by atoms with Crippen LogP contribution < -0.4 is 10.9 Å². The fraction of sp³-hybridized carbons (Fsp3) is 0.133. The number of hydrogen-bond acceptors (Lipinski definition) is 3. The van der Waals surface area contributed by atoms with E-state index in [1.807, 2.05) is 0 Å². The summed E-state index contributed by atoms with van der Waals surface area (Å²) in [5, 5.41) is 6.52. The van der Waals surface area contributed by atoms with Crippen molar-refractivity contribution in [2.75, 3.05) is 5.32 Å². The molecular weight excluding hydrogens is 287 g/mol. The van der Waals surface area contributed by atoms with E-state index in [2.05, 4.69) is 10.4 Å². The zero-order valence-electron chi connectivity index (χ0n) is 11.8. The third-order valence-electron chi connectivity index (χ3n) is 3.26. The van der Waals surface area contributed by atoms with Gasteiger partial charge >= 0.3 is 0 Å². The lowest BCUT2D eigenvalue weighted by Crippen LogP contribution is -2.31. The molecule has 0 saturated heterocycles. The Hall–Kier alpha value is -2.96. The van der Waals surface area contributed by atoms with E-state index in [-0.39, 0.29) is 17.8 Å². The van der Waals surface area contributed by atoms with E-state index >= 15 is 0 Å². The number of fused-ring (bicyclic) bond motifs is 1. The predicted molar refractivity (Wildman–Crippen MR) is 79.2 cm³/mol. The minimum atomic E-state index is -0.533. The smallest absolute Gasteiger partial charge is 0.291 e. The molecule has 6 nitrogen and oxygen atoms in total. The number of hydrogen-bond donors (Lipinski definition) is 1. The summed E-state index contributed by atoms with van der Waals surface area (Å²) in [6, 6.07) is 9.22. The van der Waals surface area contributed by atoms with Gasteiger partial charge < -0.3 is 5.32 Å². The Morgan fingerprint density at radius 1 is 1.27 bits per heavy atom. The summed E-state index contributed by atoms with van der Waals surface area (Å²) in [7, 11) is 0. The quantitative estimate of drug-likeness (QED) is 0.798. The van der Waals surface area contributed by atoms with Crippen LogP contribution in [0.5, 0.6) is 0 Å². The van der Waals surface area contributed by atoms with Gasteiger partial charge in [-0.3, -0.25) is 14.0 Å². The second kappa shape index (κ2) is 5.44. The molecule has 0 atom stereocenters. The second-order valence-electron chi connectivity index (χ2n) is 4.80.